The van der Waals surface area contributed by atoms with Crippen molar-refractivity contribution in [3.05, 3.63) is 0 Å². The van der Waals surface area contributed by atoms with E-state index < -0.39 is 102 Å². The van der Waals surface area contributed by atoms with Crippen LogP contribution in [0, 0.1) is 23.7 Å². The summed E-state index contributed by atoms with van der Waals surface area (Å²) in [5.74, 6) is -3.46. The first-order valence-corrected chi connectivity index (χ1v) is 20.4. The number of methoxy groups -OCH3 is 1. The Labute approximate surface area is 333 Å². The number of nitrogens with zero attached hydrogens (tertiary/aromatic N) is 1. The van der Waals surface area contributed by atoms with Crippen molar-refractivity contribution < 1.29 is 62.5 Å². The van der Waals surface area contributed by atoms with E-state index in [-0.39, 0.29) is 49.8 Å². The number of nitrogens with two attached hydrogens (primary N) is 1. The smallest absolute Gasteiger partial charge is 0.407 e. The molecule has 0 aromatic carbocycles. The Morgan fingerprint density at radius 3 is 2.25 bits per heavy atom. The van der Waals surface area contributed by atoms with Crippen molar-refractivity contribution in [2.75, 3.05) is 34.3 Å². The van der Waals surface area contributed by atoms with Crippen molar-refractivity contribution >= 4 is 17.8 Å². The van der Waals surface area contributed by atoms with E-state index in [1.807, 2.05) is 53.6 Å². The Morgan fingerprint density at radius 1 is 1.00 bits per heavy atom. The molecule has 0 radical (unpaired) electrons. The minimum Gasteiger partial charge on any atom is -0.459 e. The summed E-state index contributed by atoms with van der Waals surface area (Å²) in [5, 5.41) is 26.8. The Kier molecular flexibility index (Phi) is 15.4. The van der Waals surface area contributed by atoms with E-state index in [1.54, 1.807) is 34.6 Å². The molecular weight excluding hydrogens is 730 g/mol. The Balaban J connectivity index is 1.78. The maximum Gasteiger partial charge on any atom is 0.407 e. The molecule has 0 aromatic heterocycles. The molecule has 4 aliphatic rings. The lowest BCUT2D eigenvalue weighted by Gasteiger charge is -2.49. The summed E-state index contributed by atoms with van der Waals surface area (Å²) in [6, 6.07) is -0.294. The number of rotatable bonds is 10. The zero-order chi connectivity index (χ0) is 42.1. The van der Waals surface area contributed by atoms with E-state index in [2.05, 4.69) is 5.32 Å². The van der Waals surface area contributed by atoms with Crippen LogP contribution in [0.2, 0.25) is 0 Å². The van der Waals surface area contributed by atoms with Gasteiger partial charge in [0, 0.05) is 44.5 Å². The predicted octanol–water partition coefficient (Wildman–Crippen LogP) is 2.52. The van der Waals surface area contributed by atoms with E-state index in [1.165, 1.54) is 7.11 Å². The average molecular weight is 802 g/mol. The van der Waals surface area contributed by atoms with Crippen molar-refractivity contribution in [2.45, 2.75) is 179 Å². The molecule has 4 heterocycles. The number of cyclic esters (lactones) is 1. The van der Waals surface area contributed by atoms with Gasteiger partial charge in [0.25, 0.3) is 0 Å². The maximum absolute atomic E-state index is 14.3. The number of hydrogen-bond acceptors (Lipinski definition) is 15. The van der Waals surface area contributed by atoms with Crippen molar-refractivity contribution in [2.24, 2.45) is 29.4 Å². The van der Waals surface area contributed by atoms with Crippen molar-refractivity contribution in [1.82, 2.24) is 10.2 Å². The molecule has 0 aliphatic carbocycles. The van der Waals surface area contributed by atoms with Gasteiger partial charge in [-0.2, -0.15) is 0 Å². The Morgan fingerprint density at radius 2 is 1.66 bits per heavy atom. The fourth-order valence-electron chi connectivity index (χ4n) is 9.55. The standard InChI is InChI=1S/C40H71N3O13/c1-14-27-40(10)32(45)22(4)30(56-40)20(2)18-38(8,48)33(54-36-29(44)26(43(11)12)17-21(3)50-36)23(5)31(24(6)35(46)52-27)53-28-19-39(9,49-13)34(25(7)51-28)55-37(47)42-16-15-41/h20-31,33-34,36,44,48H,14-19,41H2,1-13H3,(H,42,47)/t20-,21-,22+,23+,24-,25+,26+,27-,28+,29-,30+,31+,33-,34+,36+,38+,39-,40?/m1/s1. The summed E-state index contributed by atoms with van der Waals surface area (Å²) in [6.07, 6.45) is -8.19. The van der Waals surface area contributed by atoms with Crippen LogP contribution in [0.15, 0.2) is 0 Å². The molecule has 4 aliphatic heterocycles. The van der Waals surface area contributed by atoms with Crippen LogP contribution < -0.4 is 11.1 Å². The first-order chi connectivity index (χ1) is 26.0. The number of amides is 1. The van der Waals surface area contributed by atoms with Gasteiger partial charge in [-0.1, -0.05) is 27.7 Å². The molecule has 5 N–H and O–H groups in total. The average Bonchev–Trinajstić information content (AvgIpc) is 3.36. The highest BCUT2D eigenvalue weighted by molar-refractivity contribution is 5.92. The number of esters is 1. The lowest BCUT2D eigenvalue weighted by atomic mass is 9.75. The first kappa shape index (κ1) is 46.7. The summed E-state index contributed by atoms with van der Waals surface area (Å²) >= 11 is 0. The molecular formula is C40H71N3O13. The number of aliphatic hydroxyl groups excluding tert-OH is 1. The topological polar surface area (TPSA) is 207 Å². The number of fused-ring (bicyclic) bond motifs is 2. The molecule has 1 unspecified atom stereocenters. The molecule has 16 nitrogen and oxygen atoms in total. The van der Waals surface area contributed by atoms with E-state index in [4.69, 9.17) is 43.6 Å². The van der Waals surface area contributed by atoms with Gasteiger partial charge in [0.05, 0.1) is 42.0 Å². The molecule has 18 atom stereocenters. The van der Waals surface area contributed by atoms with Crippen LogP contribution in [0.5, 0.6) is 0 Å². The molecule has 4 fully saturated rings. The normalized spacial score (nSPS) is 46.7. The second-order valence-electron chi connectivity index (χ2n) is 17.6. The fourth-order valence-corrected chi connectivity index (χ4v) is 9.55. The predicted molar refractivity (Wildman–Crippen MR) is 204 cm³/mol. The number of carbonyl (C=O) groups is 3. The molecule has 56 heavy (non-hydrogen) atoms. The number of likely N-dealkylation sites (N-methyl/N-ethyl adjacent to an activating group) is 1. The zero-order valence-electron chi connectivity index (χ0n) is 35.8. The molecule has 4 saturated heterocycles. The molecule has 0 spiro atoms. The number of ether oxygens (including phenoxy) is 8. The third-order valence-electron chi connectivity index (χ3n) is 12.7. The molecule has 16 heteroatoms. The van der Waals surface area contributed by atoms with E-state index in [0.717, 1.165) is 0 Å². The van der Waals surface area contributed by atoms with Crippen LogP contribution in [-0.2, 0) is 47.5 Å². The van der Waals surface area contributed by atoms with Gasteiger partial charge >= 0.3 is 12.1 Å². The number of hydrogen-bond donors (Lipinski definition) is 4. The molecule has 4 rings (SSSR count). The van der Waals surface area contributed by atoms with Crippen LogP contribution in [0.1, 0.15) is 94.9 Å². The molecule has 0 aromatic rings. The second-order valence-corrected chi connectivity index (χ2v) is 17.6. The van der Waals surface area contributed by atoms with Gasteiger partial charge in [-0.3, -0.25) is 9.59 Å². The van der Waals surface area contributed by atoms with Crippen LogP contribution in [0.25, 0.3) is 0 Å². The van der Waals surface area contributed by atoms with Gasteiger partial charge in [-0.15, -0.1) is 0 Å². The molecule has 1 amide bonds. The van der Waals surface area contributed by atoms with Crippen LogP contribution in [0.4, 0.5) is 4.79 Å². The third-order valence-corrected chi connectivity index (χ3v) is 12.7. The van der Waals surface area contributed by atoms with Crippen molar-refractivity contribution in [3.63, 3.8) is 0 Å². The quantitative estimate of drug-likeness (QED) is 0.234. The minimum atomic E-state index is -1.64. The maximum atomic E-state index is 14.3. The third kappa shape index (κ3) is 9.72. The molecule has 324 valence electrons. The van der Waals surface area contributed by atoms with E-state index >= 15 is 0 Å². The summed E-state index contributed by atoms with van der Waals surface area (Å²) < 4.78 is 50.6. The summed E-state index contributed by atoms with van der Waals surface area (Å²) in [7, 11) is 5.26. The number of ketones is 1. The van der Waals surface area contributed by atoms with E-state index in [9.17, 15) is 24.6 Å². The Hall–Kier alpha value is -1.99. The zero-order valence-corrected chi connectivity index (χ0v) is 35.8. The van der Waals surface area contributed by atoms with Crippen LogP contribution >= 0.6 is 0 Å². The molecule has 2 bridgehead atoms. The lowest BCUT2D eigenvalue weighted by Crippen LogP contribution is -2.61. The van der Waals surface area contributed by atoms with Crippen LogP contribution in [0.3, 0.4) is 0 Å². The fraction of sp³-hybridized carbons (Fsp3) is 0.925. The SMILES string of the molecule is CC[C@H]1OC(=O)[C@H](C)[C@@H](O[C@H]2C[C@@](C)(OC)[C@@H](OC(=O)NCCN)[C@H](C)O2)[C@H](C)[C@@H](O[C@@H]2O[C@H](C)C[C@H](N(C)C)[C@H]2O)[C@@](C)(O)C[C@@H](C)[C@@H]2OC1(C)C(=O)[C@H]2C. The highest BCUT2D eigenvalue weighted by Crippen LogP contribution is 2.45. The largest absolute Gasteiger partial charge is 0.459 e. The number of carbonyl (C=O) groups excluding carboxylic acids is 3. The summed E-state index contributed by atoms with van der Waals surface area (Å²) in [5.41, 5.74) is 1.42. The monoisotopic (exact) mass is 801 g/mol. The van der Waals surface area contributed by atoms with Crippen LogP contribution in [-0.4, -0.2) is 152 Å². The van der Waals surface area contributed by atoms with Gasteiger partial charge in [0.2, 0.25) is 0 Å². The number of nitrogens with one attached hydrogen (secondary N) is 1. The van der Waals surface area contributed by atoms with Gasteiger partial charge in [0.1, 0.15) is 17.8 Å². The van der Waals surface area contributed by atoms with Gasteiger partial charge in [-0.25, -0.2) is 4.79 Å². The van der Waals surface area contributed by atoms with Gasteiger partial charge in [-0.05, 0) is 80.8 Å². The minimum absolute atomic E-state index is 0.0939. The van der Waals surface area contributed by atoms with Gasteiger partial charge < -0.3 is 64.1 Å². The highest BCUT2D eigenvalue weighted by atomic mass is 16.7. The first-order valence-electron chi connectivity index (χ1n) is 20.4. The molecule has 0 saturated carbocycles. The Bertz CT molecular complexity index is 1350. The number of Topliss-reactive ketones (excluding diaryl/α,β-unsaturated/α-hetero) is 1. The number of aliphatic hydroxyl groups is 2. The summed E-state index contributed by atoms with van der Waals surface area (Å²) in [6.45, 7) is 18.3. The van der Waals surface area contributed by atoms with Gasteiger partial charge in [0.15, 0.2) is 30.1 Å². The van der Waals surface area contributed by atoms with E-state index in [0.29, 0.717) is 12.8 Å². The number of alkyl carbamates (subject to hydrolysis) is 1. The van der Waals surface area contributed by atoms with Crippen molar-refractivity contribution in [1.29, 1.82) is 0 Å². The second kappa shape index (κ2) is 18.5. The summed E-state index contributed by atoms with van der Waals surface area (Å²) in [4.78, 5) is 42.8. The van der Waals surface area contributed by atoms with Crippen molar-refractivity contribution in [3.8, 4) is 0 Å². The lowest BCUT2D eigenvalue weighted by molar-refractivity contribution is -0.317. The highest BCUT2D eigenvalue weighted by Gasteiger charge is 2.59.